The van der Waals surface area contributed by atoms with Gasteiger partial charge in [0.15, 0.2) is 17.2 Å². The molecule has 152 valence electrons. The number of H-pyrrole nitrogens is 1. The van der Waals surface area contributed by atoms with E-state index in [0.29, 0.717) is 28.3 Å². The van der Waals surface area contributed by atoms with Crippen molar-refractivity contribution < 1.29 is 19.1 Å². The lowest BCUT2D eigenvalue weighted by molar-refractivity contribution is -0.138. The number of benzene rings is 1. The predicted octanol–water partition coefficient (Wildman–Crippen LogP) is 1.87. The zero-order chi connectivity index (χ0) is 20.8. The summed E-state index contributed by atoms with van der Waals surface area (Å²) in [5.41, 5.74) is 1.73. The maximum atomic E-state index is 12.4. The largest absolute Gasteiger partial charge is 0.480 e. The van der Waals surface area contributed by atoms with E-state index < -0.39 is 18.1 Å². The Morgan fingerprint density at radius 1 is 1.30 bits per heavy atom. The van der Waals surface area contributed by atoms with Crippen LogP contribution >= 0.6 is 0 Å². The van der Waals surface area contributed by atoms with Crippen molar-refractivity contribution in [2.45, 2.75) is 25.4 Å². The second-order valence-corrected chi connectivity index (χ2v) is 7.22. The van der Waals surface area contributed by atoms with Crippen LogP contribution in [0.5, 0.6) is 0 Å². The number of carbonyl (C=O) groups is 2. The molecule has 1 aliphatic rings. The summed E-state index contributed by atoms with van der Waals surface area (Å²) in [5, 5.41) is 13.5. The number of aromatic nitrogens is 4. The highest BCUT2D eigenvalue weighted by molar-refractivity contribution is 6.06. The van der Waals surface area contributed by atoms with E-state index in [1.165, 1.54) is 6.20 Å². The Morgan fingerprint density at radius 2 is 2.13 bits per heavy atom. The quantitative estimate of drug-likeness (QED) is 0.467. The summed E-state index contributed by atoms with van der Waals surface area (Å²) < 4.78 is 5.99. The topological polar surface area (TPSA) is 137 Å². The smallest absolute Gasteiger partial charge is 0.326 e. The van der Waals surface area contributed by atoms with E-state index in [2.05, 4.69) is 25.3 Å². The summed E-state index contributed by atoms with van der Waals surface area (Å²) in [7, 11) is 0. The molecule has 3 aromatic heterocycles. The molecule has 0 radical (unpaired) electrons. The van der Waals surface area contributed by atoms with Gasteiger partial charge in [0.2, 0.25) is 0 Å². The zero-order valence-electron chi connectivity index (χ0n) is 16.0. The molecule has 1 aromatic carbocycles. The highest BCUT2D eigenvalue weighted by atomic mass is 16.4. The highest BCUT2D eigenvalue weighted by Crippen LogP contribution is 2.35. The lowest BCUT2D eigenvalue weighted by Crippen LogP contribution is -2.38. The summed E-state index contributed by atoms with van der Waals surface area (Å²) in [6.07, 6.45) is 3.27. The number of hydrogen-bond acceptors (Lipinski definition) is 7. The third kappa shape index (κ3) is 2.93. The van der Waals surface area contributed by atoms with E-state index in [-0.39, 0.29) is 24.7 Å². The van der Waals surface area contributed by atoms with Crippen LogP contribution in [0.25, 0.3) is 22.1 Å². The number of amides is 1. The molecule has 1 amide bonds. The first kappa shape index (κ1) is 18.1. The van der Waals surface area contributed by atoms with Crippen LogP contribution < -0.4 is 10.2 Å². The molecular weight excluding hydrogens is 388 g/mol. The Bertz CT molecular complexity index is 1270. The molecule has 5 rings (SSSR count). The van der Waals surface area contributed by atoms with Crippen molar-refractivity contribution in [1.82, 2.24) is 25.3 Å². The van der Waals surface area contributed by atoms with Gasteiger partial charge >= 0.3 is 5.97 Å². The van der Waals surface area contributed by atoms with Gasteiger partial charge < -0.3 is 24.7 Å². The molecule has 2 unspecified atom stereocenters. The van der Waals surface area contributed by atoms with Crippen molar-refractivity contribution in [1.29, 1.82) is 0 Å². The number of carboxylic acids is 1. The summed E-state index contributed by atoms with van der Waals surface area (Å²) >= 11 is 0. The van der Waals surface area contributed by atoms with Crippen LogP contribution in [0.4, 0.5) is 5.82 Å². The Labute approximate surface area is 169 Å². The SMILES string of the molecule is Cc1nc(N2CC(NC(=O)c3ncc[nH]3)CC2C(=O)O)c2oc3ccccc3c2n1. The predicted molar refractivity (Wildman–Crippen MR) is 107 cm³/mol. The minimum absolute atomic E-state index is 0.179. The number of para-hydroxylation sites is 1. The molecule has 0 spiro atoms. The van der Waals surface area contributed by atoms with Crippen molar-refractivity contribution in [3.8, 4) is 0 Å². The first-order valence-electron chi connectivity index (χ1n) is 9.47. The number of hydrogen-bond donors (Lipinski definition) is 3. The zero-order valence-corrected chi connectivity index (χ0v) is 16.0. The van der Waals surface area contributed by atoms with Gasteiger partial charge in [0.25, 0.3) is 5.91 Å². The van der Waals surface area contributed by atoms with E-state index in [1.807, 2.05) is 24.3 Å². The molecule has 2 atom stereocenters. The van der Waals surface area contributed by atoms with Gasteiger partial charge in [0, 0.05) is 36.8 Å². The first-order valence-corrected chi connectivity index (χ1v) is 9.47. The standard InChI is InChI=1S/C20H18N6O4/c1-10-23-15-12-4-2-3-5-14(12)30-16(15)18(24-10)26-9-11(8-13(26)20(28)29)25-19(27)17-21-6-7-22-17/h2-7,11,13H,8-9H2,1H3,(H,21,22)(H,25,27)(H,28,29). The molecule has 4 heterocycles. The van der Waals surface area contributed by atoms with E-state index in [0.717, 1.165) is 5.39 Å². The van der Waals surface area contributed by atoms with Crippen LogP contribution in [-0.2, 0) is 4.79 Å². The number of fused-ring (bicyclic) bond motifs is 3. The van der Waals surface area contributed by atoms with Gasteiger partial charge in [-0.1, -0.05) is 12.1 Å². The normalized spacial score (nSPS) is 18.9. The van der Waals surface area contributed by atoms with Crippen molar-refractivity contribution >= 4 is 39.8 Å². The lowest BCUT2D eigenvalue weighted by Gasteiger charge is -2.22. The van der Waals surface area contributed by atoms with Crippen LogP contribution in [0.15, 0.2) is 41.1 Å². The second-order valence-electron chi connectivity index (χ2n) is 7.22. The maximum Gasteiger partial charge on any atom is 0.326 e. The van der Waals surface area contributed by atoms with Crippen molar-refractivity contribution in [3.63, 3.8) is 0 Å². The summed E-state index contributed by atoms with van der Waals surface area (Å²) in [4.78, 5) is 41.7. The van der Waals surface area contributed by atoms with E-state index in [9.17, 15) is 14.7 Å². The average Bonchev–Trinajstić information content (AvgIpc) is 3.46. The number of imidazole rings is 1. The molecule has 3 N–H and O–H groups in total. The number of nitrogens with zero attached hydrogens (tertiary/aromatic N) is 4. The molecule has 0 aliphatic carbocycles. The van der Waals surface area contributed by atoms with Crippen LogP contribution in [-0.4, -0.2) is 55.5 Å². The van der Waals surface area contributed by atoms with Crippen molar-refractivity contribution in [3.05, 3.63) is 48.3 Å². The first-order chi connectivity index (χ1) is 14.5. The Morgan fingerprint density at radius 3 is 2.90 bits per heavy atom. The summed E-state index contributed by atoms with van der Waals surface area (Å²) in [6.45, 7) is 2.03. The number of furan rings is 1. The number of anilines is 1. The fraction of sp³-hybridized carbons (Fsp3) is 0.250. The maximum absolute atomic E-state index is 12.4. The molecule has 0 bridgehead atoms. The molecule has 1 saturated heterocycles. The van der Waals surface area contributed by atoms with Gasteiger partial charge in [-0.05, 0) is 19.1 Å². The van der Waals surface area contributed by atoms with Gasteiger partial charge in [-0.25, -0.2) is 19.7 Å². The van der Waals surface area contributed by atoms with E-state index >= 15 is 0 Å². The fourth-order valence-corrected chi connectivity index (χ4v) is 3.93. The Kier molecular flexibility index (Phi) is 4.12. The molecule has 10 heteroatoms. The Balaban J connectivity index is 1.54. The number of nitrogens with one attached hydrogen (secondary N) is 2. The number of aromatic amines is 1. The highest BCUT2D eigenvalue weighted by Gasteiger charge is 2.40. The molecular formula is C20H18N6O4. The van der Waals surface area contributed by atoms with Gasteiger partial charge in [-0.3, -0.25) is 4.79 Å². The minimum Gasteiger partial charge on any atom is -0.480 e. The lowest BCUT2D eigenvalue weighted by atomic mass is 10.1. The van der Waals surface area contributed by atoms with Crippen LogP contribution in [0.3, 0.4) is 0 Å². The second kappa shape index (κ2) is 6.83. The Hall–Kier alpha value is -3.95. The molecule has 10 nitrogen and oxygen atoms in total. The van der Waals surface area contributed by atoms with Crippen LogP contribution in [0.1, 0.15) is 22.9 Å². The third-order valence-corrected chi connectivity index (χ3v) is 5.22. The van der Waals surface area contributed by atoms with Gasteiger partial charge in [0.1, 0.15) is 23.0 Å². The van der Waals surface area contributed by atoms with Crippen LogP contribution in [0.2, 0.25) is 0 Å². The molecule has 0 saturated carbocycles. The van der Waals surface area contributed by atoms with E-state index in [1.54, 1.807) is 18.0 Å². The molecule has 1 fully saturated rings. The fourth-order valence-electron chi connectivity index (χ4n) is 3.93. The van der Waals surface area contributed by atoms with Gasteiger partial charge in [-0.15, -0.1) is 0 Å². The number of aliphatic carboxylic acids is 1. The molecule has 1 aliphatic heterocycles. The molecule has 4 aromatic rings. The van der Waals surface area contributed by atoms with Gasteiger partial charge in [-0.2, -0.15) is 0 Å². The monoisotopic (exact) mass is 406 g/mol. The molecule has 30 heavy (non-hydrogen) atoms. The number of aryl methyl sites for hydroxylation is 1. The number of carboxylic acid groups (broad SMARTS) is 1. The minimum atomic E-state index is -0.995. The van der Waals surface area contributed by atoms with E-state index in [4.69, 9.17) is 4.42 Å². The van der Waals surface area contributed by atoms with Crippen molar-refractivity contribution in [2.24, 2.45) is 0 Å². The summed E-state index contributed by atoms with van der Waals surface area (Å²) in [6, 6.07) is 6.24. The summed E-state index contributed by atoms with van der Waals surface area (Å²) in [5.74, 6) is -0.279. The van der Waals surface area contributed by atoms with Gasteiger partial charge in [0.05, 0.1) is 0 Å². The number of carbonyl (C=O) groups excluding carboxylic acids is 1. The third-order valence-electron chi connectivity index (χ3n) is 5.22. The number of rotatable bonds is 4. The van der Waals surface area contributed by atoms with Crippen molar-refractivity contribution in [2.75, 3.05) is 11.4 Å². The average molecular weight is 406 g/mol. The van der Waals surface area contributed by atoms with Crippen LogP contribution in [0, 0.1) is 6.92 Å².